The molecule has 1 saturated heterocycles. The summed E-state index contributed by atoms with van der Waals surface area (Å²) in [5.74, 6) is 1.36. The first kappa shape index (κ1) is 18.5. The Morgan fingerprint density at radius 1 is 1.21 bits per heavy atom. The predicted molar refractivity (Wildman–Crippen MR) is 111 cm³/mol. The third-order valence-corrected chi connectivity index (χ3v) is 5.43. The highest BCUT2D eigenvalue weighted by Gasteiger charge is 2.28. The molecule has 1 atom stereocenters. The lowest BCUT2D eigenvalue weighted by Crippen LogP contribution is -2.29. The van der Waals surface area contributed by atoms with Crippen LogP contribution in [-0.4, -0.2) is 38.8 Å². The number of likely N-dealkylation sites (tertiary alicyclic amines) is 1. The number of nitrogens with zero attached hydrogens (tertiary/aromatic N) is 4. The molecule has 3 heterocycles. The van der Waals surface area contributed by atoms with Crippen LogP contribution in [0.25, 0.3) is 22.2 Å². The molecule has 0 aliphatic carbocycles. The molecule has 0 spiro atoms. The van der Waals surface area contributed by atoms with Gasteiger partial charge in [-0.3, -0.25) is 4.79 Å². The standard InChI is InChI=1S/C23H26N4O/c1-15(2)8-17-6-7-27(13-17)23(28)20-10-22(18-11-24-14-25-12-18)26-21-5-4-16(3)9-19(20)21/h4-5,9-12,14-15,17H,6-8,13H2,1-3H3. The maximum absolute atomic E-state index is 13.5. The molecule has 2 aromatic heterocycles. The normalized spacial score (nSPS) is 16.9. The van der Waals surface area contributed by atoms with Crippen LogP contribution >= 0.6 is 0 Å². The van der Waals surface area contributed by atoms with Crippen molar-refractivity contribution in [3.05, 3.63) is 54.1 Å². The fraction of sp³-hybridized carbons (Fsp3) is 0.391. The number of aryl methyl sites for hydroxylation is 1. The van der Waals surface area contributed by atoms with E-state index in [1.807, 2.05) is 30.0 Å². The second-order valence-electron chi connectivity index (χ2n) is 8.24. The Hall–Kier alpha value is -2.82. The van der Waals surface area contributed by atoms with Gasteiger partial charge < -0.3 is 4.90 Å². The zero-order valence-electron chi connectivity index (χ0n) is 16.7. The average Bonchev–Trinajstić information content (AvgIpc) is 3.15. The molecule has 1 aliphatic heterocycles. The van der Waals surface area contributed by atoms with Crippen molar-refractivity contribution in [1.82, 2.24) is 19.9 Å². The van der Waals surface area contributed by atoms with E-state index in [9.17, 15) is 4.79 Å². The van der Waals surface area contributed by atoms with E-state index in [1.165, 1.54) is 12.7 Å². The number of amides is 1. The van der Waals surface area contributed by atoms with E-state index in [4.69, 9.17) is 4.98 Å². The molecule has 5 heteroatoms. The second kappa shape index (κ2) is 7.66. The summed E-state index contributed by atoms with van der Waals surface area (Å²) < 4.78 is 0. The summed E-state index contributed by atoms with van der Waals surface area (Å²) in [7, 11) is 0. The molecule has 1 aliphatic rings. The van der Waals surface area contributed by atoms with Crippen molar-refractivity contribution in [2.45, 2.75) is 33.6 Å². The summed E-state index contributed by atoms with van der Waals surface area (Å²) in [6.45, 7) is 8.21. The number of hydrogen-bond acceptors (Lipinski definition) is 4. The van der Waals surface area contributed by atoms with E-state index < -0.39 is 0 Å². The van der Waals surface area contributed by atoms with Gasteiger partial charge in [0.15, 0.2) is 0 Å². The van der Waals surface area contributed by atoms with Gasteiger partial charge in [0.25, 0.3) is 5.91 Å². The van der Waals surface area contributed by atoms with Crippen molar-refractivity contribution in [2.75, 3.05) is 13.1 Å². The highest BCUT2D eigenvalue weighted by Crippen LogP contribution is 2.29. The van der Waals surface area contributed by atoms with Crippen molar-refractivity contribution in [2.24, 2.45) is 11.8 Å². The van der Waals surface area contributed by atoms with Gasteiger partial charge >= 0.3 is 0 Å². The maximum atomic E-state index is 13.5. The van der Waals surface area contributed by atoms with Gasteiger partial charge in [-0.2, -0.15) is 0 Å². The molecule has 144 valence electrons. The second-order valence-corrected chi connectivity index (χ2v) is 8.24. The summed E-state index contributed by atoms with van der Waals surface area (Å²) >= 11 is 0. The number of carbonyl (C=O) groups is 1. The Labute approximate surface area is 165 Å². The number of carbonyl (C=O) groups excluding carboxylic acids is 1. The molecule has 1 aromatic carbocycles. The minimum atomic E-state index is 0.0994. The first-order chi connectivity index (χ1) is 13.5. The average molecular weight is 374 g/mol. The van der Waals surface area contributed by atoms with Crippen LogP contribution in [0, 0.1) is 18.8 Å². The largest absolute Gasteiger partial charge is 0.338 e. The molecule has 0 bridgehead atoms. The van der Waals surface area contributed by atoms with Crippen LogP contribution in [0.5, 0.6) is 0 Å². The number of pyridine rings is 1. The third-order valence-electron chi connectivity index (χ3n) is 5.43. The fourth-order valence-corrected chi connectivity index (χ4v) is 4.14. The lowest BCUT2D eigenvalue weighted by molar-refractivity contribution is 0.0787. The molecular formula is C23H26N4O. The fourth-order valence-electron chi connectivity index (χ4n) is 4.14. The summed E-state index contributed by atoms with van der Waals surface area (Å²) in [5, 5.41) is 0.915. The van der Waals surface area contributed by atoms with E-state index in [0.717, 1.165) is 52.8 Å². The monoisotopic (exact) mass is 374 g/mol. The summed E-state index contributed by atoms with van der Waals surface area (Å²) in [5.41, 5.74) is 4.22. The van der Waals surface area contributed by atoms with Crippen LogP contribution in [0.15, 0.2) is 43.0 Å². The van der Waals surface area contributed by atoms with Gasteiger partial charge in [-0.1, -0.05) is 25.5 Å². The van der Waals surface area contributed by atoms with Crippen LogP contribution in [0.1, 0.15) is 42.6 Å². The summed E-state index contributed by atoms with van der Waals surface area (Å²) in [6.07, 6.45) is 7.23. The first-order valence-electron chi connectivity index (χ1n) is 9.97. The number of hydrogen-bond donors (Lipinski definition) is 0. The lowest BCUT2D eigenvalue weighted by atomic mass is 9.97. The number of rotatable bonds is 4. The molecular weight excluding hydrogens is 348 g/mol. The van der Waals surface area contributed by atoms with Crippen molar-refractivity contribution in [3.8, 4) is 11.3 Å². The molecule has 0 saturated carbocycles. The minimum absolute atomic E-state index is 0.0994. The van der Waals surface area contributed by atoms with Gasteiger partial charge in [-0.15, -0.1) is 0 Å². The minimum Gasteiger partial charge on any atom is -0.338 e. The Morgan fingerprint density at radius 2 is 2.00 bits per heavy atom. The first-order valence-corrected chi connectivity index (χ1v) is 9.97. The predicted octanol–water partition coefficient (Wildman–Crippen LogP) is 4.51. The molecule has 1 fully saturated rings. The van der Waals surface area contributed by atoms with Gasteiger partial charge in [-0.25, -0.2) is 15.0 Å². The van der Waals surface area contributed by atoms with E-state index >= 15 is 0 Å². The van der Waals surface area contributed by atoms with Crippen molar-refractivity contribution in [3.63, 3.8) is 0 Å². The van der Waals surface area contributed by atoms with Crippen LogP contribution < -0.4 is 0 Å². The maximum Gasteiger partial charge on any atom is 0.254 e. The van der Waals surface area contributed by atoms with Crippen LogP contribution in [-0.2, 0) is 0 Å². The van der Waals surface area contributed by atoms with Crippen molar-refractivity contribution >= 4 is 16.8 Å². The Balaban J connectivity index is 1.74. The van der Waals surface area contributed by atoms with Gasteiger partial charge in [0.05, 0.1) is 16.8 Å². The highest BCUT2D eigenvalue weighted by molar-refractivity contribution is 6.07. The summed E-state index contributed by atoms with van der Waals surface area (Å²) in [6, 6.07) is 7.98. The van der Waals surface area contributed by atoms with Crippen molar-refractivity contribution < 1.29 is 4.79 Å². The molecule has 0 N–H and O–H groups in total. The SMILES string of the molecule is Cc1ccc2nc(-c3cncnc3)cc(C(=O)N3CCC(CC(C)C)C3)c2c1. The third kappa shape index (κ3) is 3.75. The van der Waals surface area contributed by atoms with Gasteiger partial charge in [-0.05, 0) is 49.8 Å². The van der Waals surface area contributed by atoms with E-state index in [-0.39, 0.29) is 5.91 Å². The van der Waals surface area contributed by atoms with E-state index in [2.05, 4.69) is 29.9 Å². The smallest absolute Gasteiger partial charge is 0.254 e. The summed E-state index contributed by atoms with van der Waals surface area (Å²) in [4.78, 5) is 28.4. The molecule has 1 amide bonds. The van der Waals surface area contributed by atoms with Crippen molar-refractivity contribution in [1.29, 1.82) is 0 Å². The van der Waals surface area contributed by atoms with Crippen LogP contribution in [0.2, 0.25) is 0 Å². The number of fused-ring (bicyclic) bond motifs is 1. The van der Waals surface area contributed by atoms with Crippen LogP contribution in [0.4, 0.5) is 0 Å². The lowest BCUT2D eigenvalue weighted by Gasteiger charge is -2.19. The molecule has 3 aromatic rings. The van der Waals surface area contributed by atoms with E-state index in [0.29, 0.717) is 11.8 Å². The highest BCUT2D eigenvalue weighted by atomic mass is 16.2. The Kier molecular flexibility index (Phi) is 5.07. The molecule has 0 radical (unpaired) electrons. The number of aromatic nitrogens is 3. The molecule has 28 heavy (non-hydrogen) atoms. The van der Waals surface area contributed by atoms with Crippen LogP contribution in [0.3, 0.4) is 0 Å². The molecule has 1 unspecified atom stereocenters. The van der Waals surface area contributed by atoms with Gasteiger partial charge in [0.2, 0.25) is 0 Å². The quantitative estimate of drug-likeness (QED) is 0.674. The molecule has 4 rings (SSSR count). The zero-order valence-corrected chi connectivity index (χ0v) is 16.7. The Bertz CT molecular complexity index is 1000. The topological polar surface area (TPSA) is 59.0 Å². The Morgan fingerprint density at radius 3 is 2.75 bits per heavy atom. The van der Waals surface area contributed by atoms with E-state index in [1.54, 1.807) is 12.4 Å². The zero-order chi connectivity index (χ0) is 19.7. The molecule has 5 nitrogen and oxygen atoms in total. The van der Waals surface area contributed by atoms with Gasteiger partial charge in [0, 0.05) is 36.4 Å². The number of benzene rings is 1. The van der Waals surface area contributed by atoms with Gasteiger partial charge in [0.1, 0.15) is 6.33 Å².